The molecule has 150 valence electrons. The van der Waals surface area contributed by atoms with Gasteiger partial charge in [0.15, 0.2) is 0 Å². The van der Waals surface area contributed by atoms with Crippen LogP contribution in [0.2, 0.25) is 0 Å². The number of urea groups is 1. The Kier molecular flexibility index (Phi) is 7.07. The fraction of sp³-hybridized carbons (Fsp3) is 0.600. The number of carbonyl (C=O) groups is 2. The average molecular weight is 377 g/mol. The summed E-state index contributed by atoms with van der Waals surface area (Å²) < 4.78 is 11.6. The highest BCUT2D eigenvalue weighted by Gasteiger charge is 2.33. The molecule has 7 heteroatoms. The largest absolute Gasteiger partial charge is 0.444 e. The Morgan fingerprint density at radius 2 is 1.93 bits per heavy atom. The average Bonchev–Trinajstić information content (AvgIpc) is 2.81. The van der Waals surface area contributed by atoms with E-state index in [-0.39, 0.29) is 24.1 Å². The molecule has 1 aliphatic rings. The fourth-order valence-corrected chi connectivity index (χ4v) is 2.94. The Bertz CT molecular complexity index is 628. The first-order valence-electron chi connectivity index (χ1n) is 9.27. The molecule has 1 fully saturated rings. The number of nitrogens with zero attached hydrogens (tertiary/aromatic N) is 2. The lowest BCUT2D eigenvalue weighted by Crippen LogP contribution is -2.43. The second-order valence-electron chi connectivity index (χ2n) is 7.93. The SMILES string of the molecule is CN(C)C(=O)NC[C@H]1OCCN(C(=O)OC(C)(C)C)CC1c1ccccc1. The summed E-state index contributed by atoms with van der Waals surface area (Å²) >= 11 is 0. The Morgan fingerprint density at radius 1 is 1.26 bits per heavy atom. The van der Waals surface area contributed by atoms with Crippen molar-refractivity contribution in [2.45, 2.75) is 38.4 Å². The monoisotopic (exact) mass is 377 g/mol. The minimum absolute atomic E-state index is 0.0660. The molecule has 0 aliphatic carbocycles. The van der Waals surface area contributed by atoms with Crippen LogP contribution in [-0.2, 0) is 9.47 Å². The fourth-order valence-electron chi connectivity index (χ4n) is 2.94. The van der Waals surface area contributed by atoms with Crippen LogP contribution in [0.15, 0.2) is 30.3 Å². The van der Waals surface area contributed by atoms with E-state index in [9.17, 15) is 9.59 Å². The van der Waals surface area contributed by atoms with Gasteiger partial charge in [-0.1, -0.05) is 30.3 Å². The summed E-state index contributed by atoms with van der Waals surface area (Å²) in [4.78, 5) is 27.7. The van der Waals surface area contributed by atoms with Gasteiger partial charge in [-0.05, 0) is 26.3 Å². The summed E-state index contributed by atoms with van der Waals surface area (Å²) in [5.41, 5.74) is 0.517. The molecule has 1 saturated heterocycles. The van der Waals surface area contributed by atoms with Crippen molar-refractivity contribution in [1.29, 1.82) is 0 Å². The normalized spacial score (nSPS) is 20.6. The van der Waals surface area contributed by atoms with Gasteiger partial charge < -0.3 is 24.6 Å². The van der Waals surface area contributed by atoms with E-state index in [1.165, 1.54) is 4.90 Å². The third-order valence-corrected chi connectivity index (χ3v) is 4.30. The predicted octanol–water partition coefficient (Wildman–Crippen LogP) is 2.68. The van der Waals surface area contributed by atoms with Crippen LogP contribution in [0, 0.1) is 0 Å². The second kappa shape index (κ2) is 9.08. The molecule has 1 aromatic carbocycles. The Balaban J connectivity index is 2.17. The van der Waals surface area contributed by atoms with Crippen LogP contribution < -0.4 is 5.32 Å². The van der Waals surface area contributed by atoms with E-state index < -0.39 is 5.60 Å². The molecule has 0 aromatic heterocycles. The number of hydrogen-bond acceptors (Lipinski definition) is 4. The molecule has 1 heterocycles. The van der Waals surface area contributed by atoms with Crippen molar-refractivity contribution in [3.8, 4) is 0 Å². The lowest BCUT2D eigenvalue weighted by molar-refractivity contribution is 0.0232. The van der Waals surface area contributed by atoms with Crippen molar-refractivity contribution in [3.05, 3.63) is 35.9 Å². The van der Waals surface area contributed by atoms with Crippen LogP contribution in [-0.4, -0.2) is 74.0 Å². The van der Waals surface area contributed by atoms with Gasteiger partial charge in [-0.3, -0.25) is 0 Å². The van der Waals surface area contributed by atoms with Crippen molar-refractivity contribution in [2.75, 3.05) is 40.3 Å². The molecule has 0 spiro atoms. The number of nitrogens with one attached hydrogen (secondary N) is 1. The highest BCUT2D eigenvalue weighted by Crippen LogP contribution is 2.26. The van der Waals surface area contributed by atoms with Gasteiger partial charge in [0.2, 0.25) is 0 Å². The molecule has 1 aromatic rings. The molecule has 27 heavy (non-hydrogen) atoms. The zero-order valence-corrected chi connectivity index (χ0v) is 16.9. The first-order chi connectivity index (χ1) is 12.7. The van der Waals surface area contributed by atoms with Gasteiger partial charge in [-0.15, -0.1) is 0 Å². The topological polar surface area (TPSA) is 71.1 Å². The maximum absolute atomic E-state index is 12.6. The Labute approximate surface area is 161 Å². The molecule has 2 rings (SSSR count). The number of rotatable bonds is 3. The van der Waals surface area contributed by atoms with Crippen LogP contribution in [0.3, 0.4) is 0 Å². The standard InChI is InChI=1S/C20H31N3O4/c1-20(2,3)27-19(25)23-11-12-26-17(13-21-18(24)22(4)5)16(14-23)15-9-7-6-8-10-15/h6-10,16-17H,11-14H2,1-5H3,(H,21,24)/t16?,17-/m1/s1. The first-order valence-corrected chi connectivity index (χ1v) is 9.27. The Hall–Kier alpha value is -2.28. The van der Waals surface area contributed by atoms with Crippen molar-refractivity contribution >= 4 is 12.1 Å². The molecule has 1 unspecified atom stereocenters. The quantitative estimate of drug-likeness (QED) is 0.879. The van der Waals surface area contributed by atoms with E-state index in [0.717, 1.165) is 5.56 Å². The van der Waals surface area contributed by atoms with E-state index in [2.05, 4.69) is 5.32 Å². The molecular weight excluding hydrogens is 346 g/mol. The van der Waals surface area contributed by atoms with Gasteiger partial charge in [-0.25, -0.2) is 9.59 Å². The number of amides is 3. The molecule has 0 saturated carbocycles. The van der Waals surface area contributed by atoms with Crippen LogP contribution in [0.25, 0.3) is 0 Å². The highest BCUT2D eigenvalue weighted by atomic mass is 16.6. The van der Waals surface area contributed by atoms with E-state index in [0.29, 0.717) is 26.2 Å². The first kappa shape index (κ1) is 21.0. The van der Waals surface area contributed by atoms with Gasteiger partial charge in [0.25, 0.3) is 0 Å². The van der Waals surface area contributed by atoms with Crippen molar-refractivity contribution in [2.24, 2.45) is 0 Å². The summed E-state index contributed by atoms with van der Waals surface area (Å²) in [7, 11) is 3.39. The van der Waals surface area contributed by atoms with Gasteiger partial charge >= 0.3 is 12.1 Å². The van der Waals surface area contributed by atoms with Crippen molar-refractivity contribution in [3.63, 3.8) is 0 Å². The van der Waals surface area contributed by atoms with E-state index in [1.807, 2.05) is 51.1 Å². The molecule has 1 aliphatic heterocycles. The molecule has 0 bridgehead atoms. The summed E-state index contributed by atoms with van der Waals surface area (Å²) in [6.45, 7) is 7.26. The van der Waals surface area contributed by atoms with Gasteiger partial charge in [-0.2, -0.15) is 0 Å². The zero-order valence-electron chi connectivity index (χ0n) is 16.9. The maximum atomic E-state index is 12.6. The minimum atomic E-state index is -0.550. The number of benzene rings is 1. The summed E-state index contributed by atoms with van der Waals surface area (Å²) in [6.07, 6.45) is -0.575. The van der Waals surface area contributed by atoms with Crippen LogP contribution in [0.4, 0.5) is 9.59 Å². The summed E-state index contributed by atoms with van der Waals surface area (Å²) in [5.74, 6) is -0.0660. The third-order valence-electron chi connectivity index (χ3n) is 4.30. The van der Waals surface area contributed by atoms with Crippen LogP contribution in [0.5, 0.6) is 0 Å². The molecule has 0 radical (unpaired) electrons. The van der Waals surface area contributed by atoms with Crippen LogP contribution in [0.1, 0.15) is 32.3 Å². The van der Waals surface area contributed by atoms with Gasteiger partial charge in [0, 0.05) is 39.6 Å². The number of ether oxygens (including phenoxy) is 2. The summed E-state index contributed by atoms with van der Waals surface area (Å²) in [6, 6.07) is 9.76. The van der Waals surface area contributed by atoms with E-state index in [1.54, 1.807) is 19.0 Å². The molecular formula is C20H31N3O4. The second-order valence-corrected chi connectivity index (χ2v) is 7.93. The zero-order chi connectivity index (χ0) is 20.0. The molecule has 3 amide bonds. The Morgan fingerprint density at radius 3 is 2.52 bits per heavy atom. The predicted molar refractivity (Wildman–Crippen MR) is 104 cm³/mol. The summed E-state index contributed by atoms with van der Waals surface area (Å²) in [5, 5.41) is 2.89. The maximum Gasteiger partial charge on any atom is 0.410 e. The minimum Gasteiger partial charge on any atom is -0.444 e. The number of hydrogen-bond donors (Lipinski definition) is 1. The van der Waals surface area contributed by atoms with Gasteiger partial charge in [0.1, 0.15) is 5.60 Å². The van der Waals surface area contributed by atoms with Gasteiger partial charge in [0.05, 0.1) is 12.7 Å². The van der Waals surface area contributed by atoms with E-state index >= 15 is 0 Å². The molecule has 7 nitrogen and oxygen atoms in total. The van der Waals surface area contributed by atoms with E-state index in [4.69, 9.17) is 9.47 Å². The van der Waals surface area contributed by atoms with Crippen molar-refractivity contribution < 1.29 is 19.1 Å². The smallest absolute Gasteiger partial charge is 0.410 e. The van der Waals surface area contributed by atoms with Crippen molar-refractivity contribution in [1.82, 2.24) is 15.1 Å². The lowest BCUT2D eigenvalue weighted by Gasteiger charge is -2.30. The number of carbonyl (C=O) groups excluding carboxylic acids is 2. The third kappa shape index (κ3) is 6.43. The molecule has 2 atom stereocenters. The molecule has 1 N–H and O–H groups in total. The highest BCUT2D eigenvalue weighted by molar-refractivity contribution is 5.73. The van der Waals surface area contributed by atoms with Crippen LogP contribution >= 0.6 is 0 Å². The lowest BCUT2D eigenvalue weighted by atomic mass is 9.92.